The molecule has 0 aliphatic carbocycles. The number of nitrogens with two attached hydrogens (primary N) is 1. The van der Waals surface area contributed by atoms with Crippen molar-refractivity contribution in [3.05, 3.63) is 35.1 Å². The van der Waals surface area contributed by atoms with Gasteiger partial charge in [0.05, 0.1) is 0 Å². The van der Waals surface area contributed by atoms with E-state index in [4.69, 9.17) is 5.73 Å². The van der Waals surface area contributed by atoms with Crippen LogP contribution in [0.3, 0.4) is 0 Å². The van der Waals surface area contributed by atoms with Crippen LogP contribution < -0.4 is 5.73 Å². The van der Waals surface area contributed by atoms with Crippen molar-refractivity contribution in [3.8, 4) is 0 Å². The van der Waals surface area contributed by atoms with Gasteiger partial charge in [-0.25, -0.2) is 4.39 Å². The summed E-state index contributed by atoms with van der Waals surface area (Å²) in [6.45, 7) is 2.48. The fourth-order valence-electron chi connectivity index (χ4n) is 1.07. The first kappa shape index (κ1) is 10.5. The lowest BCUT2D eigenvalue weighted by Crippen LogP contribution is -2.01. The molecule has 2 N–H and O–H groups in total. The van der Waals surface area contributed by atoms with E-state index in [1.807, 2.05) is 12.1 Å². The Morgan fingerprint density at radius 1 is 1.46 bits per heavy atom. The molecule has 0 aliphatic heterocycles. The summed E-state index contributed by atoms with van der Waals surface area (Å²) < 4.78 is 12.9. The molecular weight excluding hydrogens is 185 g/mol. The summed E-state index contributed by atoms with van der Waals surface area (Å²) in [4.78, 5) is 0. The number of aryl methyl sites for hydroxylation is 1. The van der Waals surface area contributed by atoms with Gasteiger partial charge in [0.15, 0.2) is 0 Å². The van der Waals surface area contributed by atoms with E-state index in [-0.39, 0.29) is 5.82 Å². The number of thioether (sulfide) groups is 1. The van der Waals surface area contributed by atoms with Gasteiger partial charge >= 0.3 is 0 Å². The molecule has 0 saturated carbocycles. The first-order chi connectivity index (χ1) is 6.24. The fraction of sp³-hybridized carbons (Fsp3) is 0.400. The molecule has 1 aromatic carbocycles. The number of halogens is 1. The smallest absolute Gasteiger partial charge is 0.126 e. The Kier molecular flexibility index (Phi) is 4.25. The van der Waals surface area contributed by atoms with E-state index in [0.29, 0.717) is 12.1 Å². The summed E-state index contributed by atoms with van der Waals surface area (Å²) >= 11 is 1.77. The number of hydrogen-bond donors (Lipinski definition) is 1. The molecule has 13 heavy (non-hydrogen) atoms. The van der Waals surface area contributed by atoms with Gasteiger partial charge in [0.25, 0.3) is 0 Å². The third-order valence-electron chi connectivity index (χ3n) is 1.75. The molecule has 1 rings (SSSR count). The molecule has 0 saturated heterocycles. The SMILES string of the molecule is Cc1cc(CSCCN)ccc1F. The van der Waals surface area contributed by atoms with Gasteiger partial charge in [-0.15, -0.1) is 0 Å². The lowest BCUT2D eigenvalue weighted by Gasteiger charge is -2.02. The van der Waals surface area contributed by atoms with E-state index in [1.165, 1.54) is 6.07 Å². The number of rotatable bonds is 4. The van der Waals surface area contributed by atoms with Crippen LogP contribution in [0.5, 0.6) is 0 Å². The average Bonchev–Trinajstić information content (AvgIpc) is 2.12. The lowest BCUT2D eigenvalue weighted by molar-refractivity contribution is 0.618. The Hall–Kier alpha value is -0.540. The molecule has 1 aromatic rings. The topological polar surface area (TPSA) is 26.0 Å². The van der Waals surface area contributed by atoms with Crippen LogP contribution in [0.15, 0.2) is 18.2 Å². The van der Waals surface area contributed by atoms with Gasteiger partial charge in [-0.1, -0.05) is 12.1 Å². The van der Waals surface area contributed by atoms with Crippen LogP contribution in [-0.2, 0) is 5.75 Å². The fourth-order valence-corrected chi connectivity index (χ4v) is 1.80. The van der Waals surface area contributed by atoms with Crippen LogP contribution in [0.1, 0.15) is 11.1 Å². The monoisotopic (exact) mass is 199 g/mol. The Bertz CT molecular complexity index is 276. The van der Waals surface area contributed by atoms with Gasteiger partial charge in [-0.3, -0.25) is 0 Å². The second-order valence-electron chi connectivity index (χ2n) is 2.92. The number of hydrogen-bond acceptors (Lipinski definition) is 2. The van der Waals surface area contributed by atoms with Crippen LogP contribution in [0.2, 0.25) is 0 Å². The van der Waals surface area contributed by atoms with Crippen LogP contribution in [-0.4, -0.2) is 12.3 Å². The van der Waals surface area contributed by atoms with Gasteiger partial charge in [0, 0.05) is 18.1 Å². The van der Waals surface area contributed by atoms with Crippen LogP contribution in [0.4, 0.5) is 4.39 Å². The van der Waals surface area contributed by atoms with Crippen molar-refractivity contribution in [3.63, 3.8) is 0 Å². The molecule has 0 unspecified atom stereocenters. The summed E-state index contributed by atoms with van der Waals surface area (Å²) in [5.41, 5.74) is 7.24. The van der Waals surface area contributed by atoms with Crippen LogP contribution >= 0.6 is 11.8 Å². The molecule has 0 heterocycles. The molecule has 0 atom stereocenters. The Labute approximate surface area is 82.5 Å². The Morgan fingerprint density at radius 3 is 2.85 bits per heavy atom. The predicted octanol–water partition coefficient (Wildman–Crippen LogP) is 2.33. The molecule has 1 nitrogen and oxygen atoms in total. The maximum Gasteiger partial charge on any atom is 0.126 e. The summed E-state index contributed by atoms with van der Waals surface area (Å²) in [5, 5.41) is 0. The van der Waals surface area contributed by atoms with Gasteiger partial charge in [-0.05, 0) is 24.1 Å². The third kappa shape index (κ3) is 3.36. The highest BCUT2D eigenvalue weighted by molar-refractivity contribution is 7.98. The molecule has 0 spiro atoms. The van der Waals surface area contributed by atoms with E-state index < -0.39 is 0 Å². The van der Waals surface area contributed by atoms with Crippen molar-refractivity contribution in [2.75, 3.05) is 12.3 Å². The summed E-state index contributed by atoms with van der Waals surface area (Å²) in [6.07, 6.45) is 0. The molecule has 0 bridgehead atoms. The molecule has 0 amide bonds. The van der Waals surface area contributed by atoms with Crippen molar-refractivity contribution >= 4 is 11.8 Å². The highest BCUT2D eigenvalue weighted by Gasteiger charge is 1.98. The summed E-state index contributed by atoms with van der Waals surface area (Å²) in [7, 11) is 0. The largest absolute Gasteiger partial charge is 0.330 e. The number of benzene rings is 1. The zero-order valence-electron chi connectivity index (χ0n) is 7.72. The maximum atomic E-state index is 12.9. The van der Waals surface area contributed by atoms with Gasteiger partial charge in [0.2, 0.25) is 0 Å². The van der Waals surface area contributed by atoms with E-state index >= 15 is 0 Å². The minimum Gasteiger partial charge on any atom is -0.330 e. The van der Waals surface area contributed by atoms with Crippen molar-refractivity contribution in [2.24, 2.45) is 5.73 Å². The Balaban J connectivity index is 2.53. The third-order valence-corrected chi connectivity index (χ3v) is 2.82. The molecule has 0 radical (unpaired) electrons. The second kappa shape index (κ2) is 5.25. The van der Waals surface area contributed by atoms with E-state index in [9.17, 15) is 4.39 Å². The van der Waals surface area contributed by atoms with Crippen molar-refractivity contribution < 1.29 is 4.39 Å². The normalized spacial score (nSPS) is 10.4. The second-order valence-corrected chi connectivity index (χ2v) is 4.03. The van der Waals surface area contributed by atoms with Gasteiger partial charge in [0.1, 0.15) is 5.82 Å². The quantitative estimate of drug-likeness (QED) is 0.753. The minimum absolute atomic E-state index is 0.132. The van der Waals surface area contributed by atoms with E-state index in [2.05, 4.69) is 0 Å². The van der Waals surface area contributed by atoms with Crippen LogP contribution in [0.25, 0.3) is 0 Å². The highest BCUT2D eigenvalue weighted by atomic mass is 32.2. The van der Waals surface area contributed by atoms with E-state index in [1.54, 1.807) is 18.7 Å². The maximum absolute atomic E-state index is 12.9. The lowest BCUT2D eigenvalue weighted by atomic mass is 10.1. The standard InChI is InChI=1S/C10H14FNS/c1-8-6-9(2-3-10(8)11)7-13-5-4-12/h2-3,6H,4-5,7,12H2,1H3. The van der Waals surface area contributed by atoms with Crippen molar-refractivity contribution in [1.82, 2.24) is 0 Å². The first-order valence-electron chi connectivity index (χ1n) is 4.27. The Morgan fingerprint density at radius 2 is 2.23 bits per heavy atom. The summed E-state index contributed by atoms with van der Waals surface area (Å²) in [5.74, 6) is 1.74. The predicted molar refractivity (Wildman–Crippen MR) is 56.4 cm³/mol. The minimum atomic E-state index is -0.132. The summed E-state index contributed by atoms with van der Waals surface area (Å²) in [6, 6.07) is 5.23. The molecular formula is C10H14FNS. The molecule has 0 aliphatic rings. The molecule has 0 fully saturated rings. The highest BCUT2D eigenvalue weighted by Crippen LogP contribution is 2.14. The van der Waals surface area contributed by atoms with Crippen molar-refractivity contribution in [2.45, 2.75) is 12.7 Å². The van der Waals surface area contributed by atoms with E-state index in [0.717, 1.165) is 17.1 Å². The average molecular weight is 199 g/mol. The molecule has 0 aromatic heterocycles. The zero-order valence-corrected chi connectivity index (χ0v) is 8.53. The van der Waals surface area contributed by atoms with Gasteiger partial charge < -0.3 is 5.73 Å². The molecule has 72 valence electrons. The van der Waals surface area contributed by atoms with Crippen LogP contribution in [0, 0.1) is 12.7 Å². The first-order valence-corrected chi connectivity index (χ1v) is 5.42. The molecule has 3 heteroatoms. The van der Waals surface area contributed by atoms with Gasteiger partial charge in [-0.2, -0.15) is 11.8 Å². The zero-order chi connectivity index (χ0) is 9.68. The van der Waals surface area contributed by atoms with Crippen molar-refractivity contribution in [1.29, 1.82) is 0 Å².